The van der Waals surface area contributed by atoms with Gasteiger partial charge in [-0.3, -0.25) is 4.79 Å². The minimum atomic E-state index is -0.277. The quantitative estimate of drug-likeness (QED) is 0.659. The van der Waals surface area contributed by atoms with Crippen molar-refractivity contribution < 1.29 is 4.79 Å². The number of carbonyl (C=O) groups excluding carboxylic acids is 1. The second kappa shape index (κ2) is 3.45. The summed E-state index contributed by atoms with van der Waals surface area (Å²) >= 11 is 1.32. The first-order chi connectivity index (χ1) is 6.76. The maximum absolute atomic E-state index is 11.6. The molecule has 2 aliphatic heterocycles. The fourth-order valence-electron chi connectivity index (χ4n) is 1.23. The largest absolute Gasteiger partial charge is 0.285 e. The molecular formula is C8H8N4OS. The minimum Gasteiger partial charge on any atom is -0.266 e. The molecule has 0 saturated heterocycles. The molecule has 0 bridgehead atoms. The first kappa shape index (κ1) is 9.26. The normalized spacial score (nSPS) is 19.7. The van der Waals surface area contributed by atoms with Crippen LogP contribution in [-0.4, -0.2) is 23.2 Å². The second-order valence-corrected chi connectivity index (χ2v) is 3.49. The number of nitrogens with zero attached hydrogens (tertiary/aromatic N) is 4. The molecule has 0 aromatic rings. The Morgan fingerprint density at radius 1 is 1.29 bits per heavy atom. The summed E-state index contributed by atoms with van der Waals surface area (Å²) in [5.74, 6) is 0.132. The van der Waals surface area contributed by atoms with E-state index < -0.39 is 0 Å². The number of carbonyl (C=O) groups is 1. The van der Waals surface area contributed by atoms with Gasteiger partial charge in [0.1, 0.15) is 5.57 Å². The third-order valence-electron chi connectivity index (χ3n) is 1.91. The van der Waals surface area contributed by atoms with Crippen LogP contribution in [0.25, 0.3) is 0 Å². The van der Waals surface area contributed by atoms with Crippen LogP contribution >= 0.6 is 11.8 Å². The van der Waals surface area contributed by atoms with E-state index in [2.05, 4.69) is 20.2 Å². The molecule has 1 amide bonds. The molecule has 72 valence electrons. The topological polar surface area (TPSA) is 66.5 Å². The van der Waals surface area contributed by atoms with Crippen molar-refractivity contribution in [3.8, 4) is 0 Å². The molecule has 0 aromatic carbocycles. The average Bonchev–Trinajstić information content (AvgIpc) is 2.61. The summed E-state index contributed by atoms with van der Waals surface area (Å²) in [6.45, 7) is 1.92. The van der Waals surface area contributed by atoms with Gasteiger partial charge in [0.2, 0.25) is 0 Å². The van der Waals surface area contributed by atoms with Crippen molar-refractivity contribution >= 4 is 28.7 Å². The highest BCUT2D eigenvalue weighted by atomic mass is 32.2. The maximum atomic E-state index is 11.6. The number of rotatable bonds is 1. The van der Waals surface area contributed by atoms with Crippen molar-refractivity contribution in [1.82, 2.24) is 0 Å². The van der Waals surface area contributed by atoms with Crippen molar-refractivity contribution in [1.29, 1.82) is 0 Å². The summed E-state index contributed by atoms with van der Waals surface area (Å²) in [5.41, 5.74) is 1.14. The number of amides is 1. The highest BCUT2D eigenvalue weighted by Gasteiger charge is 2.29. The van der Waals surface area contributed by atoms with Crippen molar-refractivity contribution in [2.75, 3.05) is 6.26 Å². The van der Waals surface area contributed by atoms with Gasteiger partial charge in [-0.05, 0) is 12.7 Å². The molecule has 0 unspecified atom stereocenters. The molecule has 6 heteroatoms. The van der Waals surface area contributed by atoms with Gasteiger partial charge in [-0.2, -0.15) is 10.1 Å². The molecule has 0 radical (unpaired) electrons. The molecule has 0 spiro atoms. The predicted octanol–water partition coefficient (Wildman–Crippen LogP) is 1.77. The van der Waals surface area contributed by atoms with E-state index in [9.17, 15) is 4.79 Å². The van der Waals surface area contributed by atoms with E-state index in [1.807, 2.05) is 13.2 Å². The first-order valence-corrected chi connectivity index (χ1v) is 5.39. The summed E-state index contributed by atoms with van der Waals surface area (Å²) in [6, 6.07) is 0. The van der Waals surface area contributed by atoms with Crippen LogP contribution in [0.4, 0.5) is 0 Å². The third kappa shape index (κ3) is 1.31. The molecule has 2 aliphatic rings. The second-order valence-electron chi connectivity index (χ2n) is 2.71. The Kier molecular flexibility index (Phi) is 2.28. The highest BCUT2D eigenvalue weighted by molar-refractivity contribution is 8.13. The molecule has 5 nitrogen and oxygen atoms in total. The van der Waals surface area contributed by atoms with E-state index in [-0.39, 0.29) is 5.91 Å². The lowest BCUT2D eigenvalue weighted by Crippen LogP contribution is -2.15. The number of aliphatic imine (C=N–C) groups is 2. The van der Waals surface area contributed by atoms with Gasteiger partial charge in [-0.1, -0.05) is 18.7 Å². The SMILES string of the molecule is CCC1=C2C(=O)N=C(SC)N=C2N=N1. The first-order valence-electron chi connectivity index (χ1n) is 4.17. The number of amidine groups is 2. The Labute approximate surface area is 85.1 Å². The van der Waals surface area contributed by atoms with Crippen LogP contribution in [0.5, 0.6) is 0 Å². The van der Waals surface area contributed by atoms with Crippen LogP contribution < -0.4 is 0 Å². The zero-order chi connectivity index (χ0) is 10.1. The van der Waals surface area contributed by atoms with E-state index in [1.165, 1.54) is 11.8 Å². The molecule has 0 N–H and O–H groups in total. The zero-order valence-electron chi connectivity index (χ0n) is 7.81. The molecule has 2 rings (SSSR count). The monoisotopic (exact) mass is 208 g/mol. The molecule has 0 aliphatic carbocycles. The summed E-state index contributed by atoms with van der Waals surface area (Å²) in [5, 5.41) is 8.18. The summed E-state index contributed by atoms with van der Waals surface area (Å²) in [6.07, 6.45) is 2.49. The molecule has 14 heavy (non-hydrogen) atoms. The minimum absolute atomic E-state index is 0.277. The lowest BCUT2D eigenvalue weighted by molar-refractivity contribution is -0.113. The molecule has 0 saturated carbocycles. The molecule has 0 fully saturated rings. The Balaban J connectivity index is 2.47. The maximum Gasteiger partial charge on any atom is 0.285 e. The lowest BCUT2D eigenvalue weighted by Gasteiger charge is -2.05. The standard InChI is InChI=1S/C8H8N4OS/c1-3-4-5-6(12-11-4)9-8(14-2)10-7(5)13/h3H2,1-2H3. The van der Waals surface area contributed by atoms with Gasteiger partial charge < -0.3 is 0 Å². The average molecular weight is 208 g/mol. The zero-order valence-corrected chi connectivity index (χ0v) is 8.63. The van der Waals surface area contributed by atoms with Crippen LogP contribution in [0, 0.1) is 0 Å². The van der Waals surface area contributed by atoms with Gasteiger partial charge in [-0.25, -0.2) is 4.99 Å². The fraction of sp³-hybridized carbons (Fsp3) is 0.375. The van der Waals surface area contributed by atoms with E-state index >= 15 is 0 Å². The fourth-order valence-corrected chi connectivity index (χ4v) is 1.58. The molecular weight excluding hydrogens is 200 g/mol. The highest BCUT2D eigenvalue weighted by Crippen LogP contribution is 2.25. The van der Waals surface area contributed by atoms with Gasteiger partial charge in [0.05, 0.1) is 5.70 Å². The van der Waals surface area contributed by atoms with Crippen LogP contribution in [0.2, 0.25) is 0 Å². The number of hydrogen-bond acceptors (Lipinski definition) is 5. The lowest BCUT2D eigenvalue weighted by atomic mass is 10.1. The van der Waals surface area contributed by atoms with E-state index in [0.29, 0.717) is 28.7 Å². The van der Waals surface area contributed by atoms with Crippen molar-refractivity contribution in [2.45, 2.75) is 13.3 Å². The van der Waals surface area contributed by atoms with Crippen molar-refractivity contribution in [3.63, 3.8) is 0 Å². The van der Waals surface area contributed by atoms with Crippen LogP contribution in [0.1, 0.15) is 13.3 Å². The number of azo groups is 1. The van der Waals surface area contributed by atoms with Gasteiger partial charge in [0.25, 0.3) is 5.91 Å². The third-order valence-corrected chi connectivity index (χ3v) is 2.46. The van der Waals surface area contributed by atoms with Crippen LogP contribution in [0.3, 0.4) is 0 Å². The van der Waals surface area contributed by atoms with Gasteiger partial charge in [0, 0.05) is 0 Å². The van der Waals surface area contributed by atoms with Crippen molar-refractivity contribution in [2.24, 2.45) is 20.2 Å². The van der Waals surface area contributed by atoms with Crippen LogP contribution in [-0.2, 0) is 4.79 Å². The summed E-state index contributed by atoms with van der Waals surface area (Å²) in [4.78, 5) is 19.5. The Morgan fingerprint density at radius 3 is 2.71 bits per heavy atom. The number of thioether (sulfide) groups is 1. The smallest absolute Gasteiger partial charge is 0.266 e. The molecule has 2 heterocycles. The Hall–Kier alpha value is -1.30. The van der Waals surface area contributed by atoms with Crippen LogP contribution in [0.15, 0.2) is 31.5 Å². The van der Waals surface area contributed by atoms with Crippen molar-refractivity contribution in [3.05, 3.63) is 11.3 Å². The molecule has 0 aromatic heterocycles. The number of fused-ring (bicyclic) bond motifs is 1. The van der Waals surface area contributed by atoms with E-state index in [0.717, 1.165) is 0 Å². The van der Waals surface area contributed by atoms with Gasteiger partial charge in [0.15, 0.2) is 11.0 Å². The van der Waals surface area contributed by atoms with E-state index in [4.69, 9.17) is 0 Å². The summed E-state index contributed by atoms with van der Waals surface area (Å²) < 4.78 is 0. The predicted molar refractivity (Wildman–Crippen MR) is 55.6 cm³/mol. The summed E-state index contributed by atoms with van der Waals surface area (Å²) in [7, 11) is 0. The molecule has 0 atom stereocenters. The Bertz CT molecular complexity index is 419. The number of allylic oxidation sites excluding steroid dienone is 1. The van der Waals surface area contributed by atoms with E-state index in [1.54, 1.807) is 0 Å². The number of hydrogen-bond donors (Lipinski definition) is 0. The Morgan fingerprint density at radius 2 is 2.07 bits per heavy atom. The van der Waals surface area contributed by atoms with Gasteiger partial charge >= 0.3 is 0 Å². The van der Waals surface area contributed by atoms with Gasteiger partial charge in [-0.15, -0.1) is 5.11 Å².